The summed E-state index contributed by atoms with van der Waals surface area (Å²) >= 11 is 5.96. The fraction of sp³-hybridized carbons (Fsp3) is 0.769. The van der Waals surface area contributed by atoms with Crippen molar-refractivity contribution in [3.05, 3.63) is 5.28 Å². The Balaban J connectivity index is 1.68. The van der Waals surface area contributed by atoms with Crippen LogP contribution in [0.1, 0.15) is 26.7 Å². The van der Waals surface area contributed by atoms with Crippen LogP contribution >= 0.6 is 11.6 Å². The third kappa shape index (κ3) is 3.30. The summed E-state index contributed by atoms with van der Waals surface area (Å²) in [4.78, 5) is 17.3. The van der Waals surface area contributed by atoms with Crippen LogP contribution in [0.2, 0.25) is 5.28 Å². The molecule has 3 rings (SSSR count). The van der Waals surface area contributed by atoms with Gasteiger partial charge in [-0.1, -0.05) is 0 Å². The van der Waals surface area contributed by atoms with Gasteiger partial charge in [-0.3, -0.25) is 4.90 Å². The number of ether oxygens (including phenoxy) is 1. The van der Waals surface area contributed by atoms with E-state index in [4.69, 9.17) is 16.3 Å². The van der Waals surface area contributed by atoms with Crippen molar-refractivity contribution in [1.29, 1.82) is 0 Å². The Hall–Kier alpha value is -1.14. The van der Waals surface area contributed by atoms with Crippen LogP contribution in [0.4, 0.5) is 5.95 Å². The molecule has 1 aromatic rings. The molecule has 20 heavy (non-hydrogen) atoms. The average Bonchev–Trinajstić information content (AvgIpc) is 3.21. The lowest BCUT2D eigenvalue weighted by atomic mass is 10.3. The molecule has 0 N–H and O–H groups in total. The van der Waals surface area contributed by atoms with Crippen LogP contribution in [-0.4, -0.2) is 58.2 Å². The summed E-state index contributed by atoms with van der Waals surface area (Å²) in [7, 11) is 0. The first kappa shape index (κ1) is 13.8. The molecule has 0 atom stereocenters. The SMILES string of the molecule is CC(C)Oc1nc(Cl)nc(N2CCN(C3CC3)CC2)n1. The van der Waals surface area contributed by atoms with Crippen molar-refractivity contribution in [1.82, 2.24) is 19.9 Å². The second kappa shape index (κ2) is 5.69. The molecule has 7 heteroatoms. The van der Waals surface area contributed by atoms with Gasteiger partial charge in [-0.25, -0.2) is 0 Å². The van der Waals surface area contributed by atoms with Crippen molar-refractivity contribution >= 4 is 17.5 Å². The van der Waals surface area contributed by atoms with E-state index in [1.165, 1.54) is 12.8 Å². The van der Waals surface area contributed by atoms with E-state index in [0.29, 0.717) is 12.0 Å². The molecular formula is C13H20ClN5O. The number of halogens is 1. The monoisotopic (exact) mass is 297 g/mol. The molecule has 0 bridgehead atoms. The lowest BCUT2D eigenvalue weighted by Crippen LogP contribution is -2.47. The molecular weight excluding hydrogens is 278 g/mol. The van der Waals surface area contributed by atoms with E-state index in [0.717, 1.165) is 32.2 Å². The van der Waals surface area contributed by atoms with Gasteiger partial charge in [-0.15, -0.1) is 0 Å². The number of piperazine rings is 1. The first-order valence-electron chi connectivity index (χ1n) is 7.19. The molecule has 110 valence electrons. The maximum absolute atomic E-state index is 5.96. The second-order valence-corrected chi connectivity index (χ2v) is 5.95. The summed E-state index contributed by atoms with van der Waals surface area (Å²) in [6.07, 6.45) is 2.72. The first-order chi connectivity index (χ1) is 9.61. The van der Waals surface area contributed by atoms with Gasteiger partial charge in [-0.2, -0.15) is 15.0 Å². The van der Waals surface area contributed by atoms with Gasteiger partial charge in [0.05, 0.1) is 6.10 Å². The van der Waals surface area contributed by atoms with Crippen molar-refractivity contribution in [2.45, 2.75) is 38.8 Å². The molecule has 1 aliphatic carbocycles. The molecule has 2 fully saturated rings. The summed E-state index contributed by atoms with van der Waals surface area (Å²) in [6.45, 7) is 7.86. The number of hydrogen-bond donors (Lipinski definition) is 0. The second-order valence-electron chi connectivity index (χ2n) is 5.61. The van der Waals surface area contributed by atoms with Crippen LogP contribution in [0, 0.1) is 0 Å². The zero-order valence-electron chi connectivity index (χ0n) is 11.9. The molecule has 1 saturated carbocycles. The van der Waals surface area contributed by atoms with Crippen molar-refractivity contribution in [2.24, 2.45) is 0 Å². The summed E-state index contributed by atoms with van der Waals surface area (Å²) in [6, 6.07) is 1.12. The molecule has 0 aromatic carbocycles. The van der Waals surface area contributed by atoms with E-state index in [9.17, 15) is 0 Å². The molecule has 0 spiro atoms. The van der Waals surface area contributed by atoms with Crippen LogP contribution in [0.15, 0.2) is 0 Å². The van der Waals surface area contributed by atoms with E-state index in [2.05, 4.69) is 24.8 Å². The predicted molar refractivity (Wildman–Crippen MR) is 77.4 cm³/mol. The molecule has 0 radical (unpaired) electrons. The molecule has 2 heterocycles. The Morgan fingerprint density at radius 1 is 1.10 bits per heavy atom. The van der Waals surface area contributed by atoms with Crippen molar-refractivity contribution in [3.8, 4) is 6.01 Å². The third-order valence-corrected chi connectivity index (χ3v) is 3.75. The minimum absolute atomic E-state index is 0.0213. The molecule has 0 amide bonds. The van der Waals surface area contributed by atoms with Gasteiger partial charge in [0.2, 0.25) is 11.2 Å². The van der Waals surface area contributed by atoms with E-state index < -0.39 is 0 Å². The molecule has 1 aromatic heterocycles. The summed E-state index contributed by atoms with van der Waals surface area (Å²) in [5, 5.41) is 0.190. The third-order valence-electron chi connectivity index (χ3n) is 3.58. The topological polar surface area (TPSA) is 54.4 Å². The first-order valence-corrected chi connectivity index (χ1v) is 7.57. The quantitative estimate of drug-likeness (QED) is 0.841. The molecule has 6 nitrogen and oxygen atoms in total. The van der Waals surface area contributed by atoms with Gasteiger partial charge in [0.15, 0.2) is 0 Å². The fourth-order valence-corrected chi connectivity index (χ4v) is 2.60. The van der Waals surface area contributed by atoms with Crippen LogP contribution in [-0.2, 0) is 0 Å². The van der Waals surface area contributed by atoms with Crippen molar-refractivity contribution in [2.75, 3.05) is 31.1 Å². The van der Waals surface area contributed by atoms with E-state index in [1.807, 2.05) is 13.8 Å². The normalized spacial score (nSPS) is 20.5. The Morgan fingerprint density at radius 3 is 2.40 bits per heavy atom. The van der Waals surface area contributed by atoms with Crippen LogP contribution in [0.25, 0.3) is 0 Å². The number of aromatic nitrogens is 3. The minimum Gasteiger partial charge on any atom is -0.461 e. The number of rotatable bonds is 4. The van der Waals surface area contributed by atoms with Crippen molar-refractivity contribution in [3.63, 3.8) is 0 Å². The number of anilines is 1. The Kier molecular flexibility index (Phi) is 3.94. The predicted octanol–water partition coefficient (Wildman–Crippen LogP) is 1.60. The zero-order valence-corrected chi connectivity index (χ0v) is 12.7. The highest BCUT2D eigenvalue weighted by molar-refractivity contribution is 6.28. The van der Waals surface area contributed by atoms with Gasteiger partial charge in [-0.05, 0) is 38.3 Å². The van der Waals surface area contributed by atoms with E-state index in [-0.39, 0.29) is 11.4 Å². The van der Waals surface area contributed by atoms with Crippen molar-refractivity contribution < 1.29 is 4.74 Å². The zero-order chi connectivity index (χ0) is 14.1. The lowest BCUT2D eigenvalue weighted by Gasteiger charge is -2.34. The summed E-state index contributed by atoms with van der Waals surface area (Å²) in [5.74, 6) is 0.621. The highest BCUT2D eigenvalue weighted by Gasteiger charge is 2.31. The smallest absolute Gasteiger partial charge is 0.322 e. The maximum atomic E-state index is 5.96. The molecule has 0 unspecified atom stereocenters. The van der Waals surface area contributed by atoms with Crippen LogP contribution in [0.3, 0.4) is 0 Å². The Labute approximate surface area is 124 Å². The van der Waals surface area contributed by atoms with Crippen LogP contribution < -0.4 is 9.64 Å². The van der Waals surface area contributed by atoms with Gasteiger partial charge >= 0.3 is 6.01 Å². The Bertz CT molecular complexity index is 472. The van der Waals surface area contributed by atoms with Crippen LogP contribution in [0.5, 0.6) is 6.01 Å². The Morgan fingerprint density at radius 2 is 1.80 bits per heavy atom. The fourth-order valence-electron chi connectivity index (χ4n) is 2.45. The van der Waals surface area contributed by atoms with Gasteiger partial charge < -0.3 is 9.64 Å². The molecule has 2 aliphatic rings. The standard InChI is InChI=1S/C13H20ClN5O/c1-9(2)20-13-16-11(14)15-12(17-13)19-7-5-18(6-8-19)10-3-4-10/h9-10H,3-8H2,1-2H3. The highest BCUT2D eigenvalue weighted by Crippen LogP contribution is 2.28. The van der Waals surface area contributed by atoms with Gasteiger partial charge in [0, 0.05) is 32.2 Å². The average molecular weight is 298 g/mol. The van der Waals surface area contributed by atoms with E-state index in [1.54, 1.807) is 0 Å². The number of nitrogens with zero attached hydrogens (tertiary/aromatic N) is 5. The number of hydrogen-bond acceptors (Lipinski definition) is 6. The highest BCUT2D eigenvalue weighted by atomic mass is 35.5. The van der Waals surface area contributed by atoms with Gasteiger partial charge in [0.1, 0.15) is 0 Å². The molecule has 1 aliphatic heterocycles. The van der Waals surface area contributed by atoms with E-state index >= 15 is 0 Å². The van der Waals surface area contributed by atoms with Gasteiger partial charge in [0.25, 0.3) is 0 Å². The summed E-state index contributed by atoms with van der Waals surface area (Å²) < 4.78 is 5.51. The minimum atomic E-state index is 0.0213. The summed E-state index contributed by atoms with van der Waals surface area (Å²) in [5.41, 5.74) is 0. The largest absolute Gasteiger partial charge is 0.461 e. The molecule has 1 saturated heterocycles. The maximum Gasteiger partial charge on any atom is 0.322 e. The lowest BCUT2D eigenvalue weighted by molar-refractivity contribution is 0.220.